The fourth-order valence-corrected chi connectivity index (χ4v) is 3.05. The molecule has 1 aromatic rings. The Balaban J connectivity index is 2.25. The van der Waals surface area contributed by atoms with Gasteiger partial charge in [0.25, 0.3) is 0 Å². The van der Waals surface area contributed by atoms with Crippen LogP contribution in [0.4, 0.5) is 4.39 Å². The maximum Gasteiger partial charge on any atom is 0.127 e. The summed E-state index contributed by atoms with van der Waals surface area (Å²) in [6.07, 6.45) is 5.59. The fourth-order valence-electron chi connectivity index (χ4n) is 3.05. The van der Waals surface area contributed by atoms with Crippen LogP contribution in [0.5, 0.6) is 0 Å². The molecule has 0 spiro atoms. The van der Waals surface area contributed by atoms with E-state index in [2.05, 4.69) is 49.1 Å². The summed E-state index contributed by atoms with van der Waals surface area (Å²) in [5.41, 5.74) is 10.3. The van der Waals surface area contributed by atoms with E-state index < -0.39 is 6.17 Å². The smallest absolute Gasteiger partial charge is 0.127 e. The van der Waals surface area contributed by atoms with Crippen LogP contribution in [-0.4, -0.2) is 36.9 Å². The van der Waals surface area contributed by atoms with Crippen molar-refractivity contribution in [2.24, 2.45) is 10.7 Å². The molecule has 1 heterocycles. The predicted octanol–water partition coefficient (Wildman–Crippen LogP) is 4.35. The Morgan fingerprint density at radius 1 is 1.44 bits per heavy atom. The molecule has 1 saturated heterocycles. The van der Waals surface area contributed by atoms with Gasteiger partial charge >= 0.3 is 0 Å². The molecule has 1 fully saturated rings. The second kappa shape index (κ2) is 9.52. The van der Waals surface area contributed by atoms with E-state index in [0.717, 1.165) is 36.3 Å². The zero-order valence-electron chi connectivity index (χ0n) is 15.6. The van der Waals surface area contributed by atoms with Crippen molar-refractivity contribution in [2.45, 2.75) is 46.2 Å². The quantitative estimate of drug-likeness (QED) is 0.748. The molecular weight excluding hydrogens is 313 g/mol. The summed E-state index contributed by atoms with van der Waals surface area (Å²) in [5, 5.41) is 0. The van der Waals surface area contributed by atoms with Crippen LogP contribution in [0.25, 0.3) is 5.57 Å². The molecular formula is C21H30FN3. The van der Waals surface area contributed by atoms with Crippen molar-refractivity contribution in [3.05, 3.63) is 52.9 Å². The average molecular weight is 343 g/mol. The summed E-state index contributed by atoms with van der Waals surface area (Å²) in [5.74, 6) is 0.917. The highest BCUT2D eigenvalue weighted by Gasteiger charge is 2.24. The molecule has 0 bridgehead atoms. The highest BCUT2D eigenvalue weighted by Crippen LogP contribution is 2.23. The van der Waals surface area contributed by atoms with Gasteiger partial charge in [0.05, 0.1) is 6.54 Å². The van der Waals surface area contributed by atoms with Gasteiger partial charge in [0.1, 0.15) is 12.0 Å². The number of rotatable bonds is 7. The molecule has 0 amide bonds. The van der Waals surface area contributed by atoms with Crippen molar-refractivity contribution in [3.63, 3.8) is 0 Å². The van der Waals surface area contributed by atoms with E-state index >= 15 is 0 Å². The van der Waals surface area contributed by atoms with Gasteiger partial charge in [-0.15, -0.1) is 0 Å². The minimum Gasteiger partial charge on any atom is -0.354 e. The molecule has 1 aliphatic heterocycles. The van der Waals surface area contributed by atoms with Crippen LogP contribution in [0.15, 0.2) is 46.7 Å². The third kappa shape index (κ3) is 5.27. The van der Waals surface area contributed by atoms with Gasteiger partial charge in [0.2, 0.25) is 0 Å². The van der Waals surface area contributed by atoms with Gasteiger partial charge in [-0.25, -0.2) is 9.38 Å². The minimum atomic E-state index is -0.746. The zero-order valence-corrected chi connectivity index (χ0v) is 15.6. The van der Waals surface area contributed by atoms with Gasteiger partial charge in [-0.1, -0.05) is 37.3 Å². The normalized spacial score (nSPS) is 19.6. The third-order valence-electron chi connectivity index (χ3n) is 4.67. The van der Waals surface area contributed by atoms with Crippen molar-refractivity contribution in [3.8, 4) is 0 Å². The number of nitrogens with two attached hydrogens (primary N) is 1. The average Bonchev–Trinajstić information content (AvgIpc) is 3.05. The number of allylic oxidation sites excluding steroid dienone is 3. The van der Waals surface area contributed by atoms with E-state index in [1.165, 1.54) is 11.1 Å². The second-order valence-electron chi connectivity index (χ2n) is 6.53. The van der Waals surface area contributed by atoms with Gasteiger partial charge < -0.3 is 10.6 Å². The summed E-state index contributed by atoms with van der Waals surface area (Å²) < 4.78 is 13.6. The summed E-state index contributed by atoms with van der Waals surface area (Å²) in [4.78, 5) is 6.82. The van der Waals surface area contributed by atoms with Crippen LogP contribution in [0.2, 0.25) is 0 Å². The van der Waals surface area contributed by atoms with Gasteiger partial charge in [-0.05, 0) is 61.9 Å². The molecule has 0 saturated carbocycles. The van der Waals surface area contributed by atoms with Crippen molar-refractivity contribution in [1.82, 2.24) is 4.90 Å². The molecule has 1 unspecified atom stereocenters. The third-order valence-corrected chi connectivity index (χ3v) is 4.67. The molecule has 1 atom stereocenters. The molecule has 2 N–H and O–H groups in total. The van der Waals surface area contributed by atoms with Crippen molar-refractivity contribution < 1.29 is 4.39 Å². The Labute approximate surface area is 151 Å². The minimum absolute atomic E-state index is 0.446. The van der Waals surface area contributed by atoms with Crippen LogP contribution in [0.1, 0.15) is 44.7 Å². The molecule has 1 aromatic carbocycles. The first kappa shape index (κ1) is 19.4. The number of alkyl halides is 1. The Morgan fingerprint density at radius 3 is 2.84 bits per heavy atom. The van der Waals surface area contributed by atoms with Crippen molar-refractivity contribution in [2.75, 3.05) is 19.6 Å². The lowest BCUT2D eigenvalue weighted by atomic mass is 10.0. The number of halogens is 1. The van der Waals surface area contributed by atoms with E-state index in [9.17, 15) is 4.39 Å². The van der Waals surface area contributed by atoms with E-state index in [1.54, 1.807) is 0 Å². The number of hydrogen-bond donors (Lipinski definition) is 1. The van der Waals surface area contributed by atoms with Crippen LogP contribution >= 0.6 is 0 Å². The molecule has 25 heavy (non-hydrogen) atoms. The van der Waals surface area contributed by atoms with Gasteiger partial charge in [-0.3, -0.25) is 0 Å². The molecule has 3 nitrogen and oxygen atoms in total. The van der Waals surface area contributed by atoms with Crippen LogP contribution in [0, 0.1) is 0 Å². The second-order valence-corrected chi connectivity index (χ2v) is 6.53. The van der Waals surface area contributed by atoms with Crippen LogP contribution in [-0.2, 0) is 6.42 Å². The maximum absolute atomic E-state index is 13.6. The van der Waals surface area contributed by atoms with E-state index in [0.29, 0.717) is 19.5 Å². The Morgan fingerprint density at radius 2 is 2.24 bits per heavy atom. The van der Waals surface area contributed by atoms with Crippen LogP contribution < -0.4 is 5.73 Å². The SMILES string of the molecule is C\C=C(/C=N/C(=C(\C)CC)N1CCC(F)C1)c1cccc(CCN)c1. The Kier molecular flexibility index (Phi) is 7.38. The van der Waals surface area contributed by atoms with Gasteiger partial charge in [0, 0.05) is 12.8 Å². The Hall–Kier alpha value is -1.94. The number of benzene rings is 1. The van der Waals surface area contributed by atoms with E-state index in [4.69, 9.17) is 10.7 Å². The number of aliphatic imine (C=N–C) groups is 1. The highest BCUT2D eigenvalue weighted by molar-refractivity contribution is 6.10. The van der Waals surface area contributed by atoms with Crippen molar-refractivity contribution >= 4 is 11.8 Å². The molecule has 4 heteroatoms. The van der Waals surface area contributed by atoms with E-state index in [1.807, 2.05) is 13.1 Å². The zero-order chi connectivity index (χ0) is 18.2. The first-order valence-electron chi connectivity index (χ1n) is 9.17. The fraction of sp³-hybridized carbons (Fsp3) is 0.476. The molecule has 1 aliphatic rings. The standard InChI is InChI=1S/C21H30FN3/c1-4-16(3)21(25-12-10-20(22)15-25)24-14-18(5-2)19-8-6-7-17(13-19)9-11-23/h5-8,13-14,20H,4,9-12,15,23H2,1-3H3/b18-5+,21-16-,24-14+. The first-order valence-corrected chi connectivity index (χ1v) is 9.17. The summed E-state index contributed by atoms with van der Waals surface area (Å²) in [7, 11) is 0. The summed E-state index contributed by atoms with van der Waals surface area (Å²) in [6.45, 7) is 8.03. The number of nitrogens with zero attached hydrogens (tertiary/aromatic N) is 2. The highest BCUT2D eigenvalue weighted by atomic mass is 19.1. The molecule has 0 aromatic heterocycles. The first-order chi connectivity index (χ1) is 12.1. The summed E-state index contributed by atoms with van der Waals surface area (Å²) >= 11 is 0. The predicted molar refractivity (Wildman–Crippen MR) is 105 cm³/mol. The molecule has 0 aliphatic carbocycles. The lowest BCUT2D eigenvalue weighted by Crippen LogP contribution is -2.20. The monoisotopic (exact) mass is 343 g/mol. The van der Waals surface area contributed by atoms with Gasteiger partial charge in [0.15, 0.2) is 0 Å². The van der Waals surface area contributed by atoms with E-state index in [-0.39, 0.29) is 0 Å². The number of likely N-dealkylation sites (tertiary alicyclic amines) is 1. The van der Waals surface area contributed by atoms with Gasteiger partial charge in [-0.2, -0.15) is 0 Å². The lowest BCUT2D eigenvalue weighted by molar-refractivity contribution is 0.321. The molecule has 0 radical (unpaired) electrons. The number of hydrogen-bond acceptors (Lipinski definition) is 3. The van der Waals surface area contributed by atoms with Crippen LogP contribution in [0.3, 0.4) is 0 Å². The lowest BCUT2D eigenvalue weighted by Gasteiger charge is -2.20. The summed E-state index contributed by atoms with van der Waals surface area (Å²) in [6, 6.07) is 8.40. The molecule has 2 rings (SSSR count). The van der Waals surface area contributed by atoms with Crippen molar-refractivity contribution in [1.29, 1.82) is 0 Å². The Bertz CT molecular complexity index is 661. The molecule has 136 valence electrons. The topological polar surface area (TPSA) is 41.6 Å². The maximum atomic E-state index is 13.6. The largest absolute Gasteiger partial charge is 0.354 e.